The van der Waals surface area contributed by atoms with E-state index in [0.29, 0.717) is 10.9 Å². The van der Waals surface area contributed by atoms with Crippen LogP contribution in [0.3, 0.4) is 0 Å². The van der Waals surface area contributed by atoms with Crippen molar-refractivity contribution in [2.45, 2.75) is 20.4 Å². The number of aromatic nitrogens is 3. The summed E-state index contributed by atoms with van der Waals surface area (Å²) in [4.78, 5) is 17.4. The lowest BCUT2D eigenvalue weighted by Crippen LogP contribution is -2.19. The molecule has 9 heteroatoms. The minimum atomic E-state index is -0.477. The Kier molecular flexibility index (Phi) is 7.29. The van der Waals surface area contributed by atoms with Crippen molar-refractivity contribution in [1.82, 2.24) is 15.2 Å². The Bertz CT molecular complexity index is 1120. The van der Waals surface area contributed by atoms with Gasteiger partial charge in [0.1, 0.15) is 11.1 Å². The molecule has 0 bridgehead atoms. The molecule has 31 heavy (non-hydrogen) atoms. The van der Waals surface area contributed by atoms with Crippen molar-refractivity contribution >= 4 is 45.9 Å². The van der Waals surface area contributed by atoms with Gasteiger partial charge in [0.15, 0.2) is 4.34 Å². The van der Waals surface area contributed by atoms with Crippen molar-refractivity contribution in [3.05, 3.63) is 95.9 Å². The molecule has 0 unspecified atom stereocenters. The molecule has 0 fully saturated rings. The van der Waals surface area contributed by atoms with E-state index in [4.69, 9.17) is 0 Å². The molecule has 2 aromatic heterocycles. The molecule has 0 saturated carbocycles. The number of carbonyl (C=O) groups is 1. The summed E-state index contributed by atoms with van der Waals surface area (Å²) < 4.78 is 13.8. The number of benzene rings is 2. The molecule has 4 aromatic rings. The Morgan fingerprint density at radius 3 is 2.52 bits per heavy atom. The van der Waals surface area contributed by atoms with Crippen LogP contribution in [0.1, 0.15) is 16.4 Å². The largest absolute Gasteiger partial charge is 0.299 e. The third kappa shape index (κ3) is 6.13. The van der Waals surface area contributed by atoms with E-state index in [1.54, 1.807) is 18.3 Å². The van der Waals surface area contributed by atoms with Crippen molar-refractivity contribution in [3.8, 4) is 0 Å². The molecule has 0 aliphatic rings. The predicted octanol–water partition coefficient (Wildman–Crippen LogP) is 5.84. The van der Waals surface area contributed by atoms with E-state index in [1.165, 1.54) is 47.0 Å². The third-order valence-electron chi connectivity index (χ3n) is 4.13. The van der Waals surface area contributed by atoms with Gasteiger partial charge < -0.3 is 0 Å². The summed E-state index contributed by atoms with van der Waals surface area (Å²) in [5, 5.41) is 11.8. The summed E-state index contributed by atoms with van der Waals surface area (Å²) in [6.07, 6.45) is 1.71. The van der Waals surface area contributed by atoms with E-state index in [9.17, 15) is 9.18 Å². The summed E-state index contributed by atoms with van der Waals surface area (Å²) in [6.45, 7) is 0. The summed E-state index contributed by atoms with van der Waals surface area (Å²) in [5.74, 6) is 0.199. The Balaban J connectivity index is 1.43. The molecular weight excluding hydrogens is 451 g/mol. The number of thioether (sulfide) groups is 2. The quantitative estimate of drug-likeness (QED) is 0.259. The van der Waals surface area contributed by atoms with Gasteiger partial charge in [-0.1, -0.05) is 83.4 Å². The van der Waals surface area contributed by atoms with E-state index in [2.05, 4.69) is 20.5 Å². The van der Waals surface area contributed by atoms with Crippen LogP contribution >= 0.6 is 34.9 Å². The first-order chi connectivity index (χ1) is 15.2. The van der Waals surface area contributed by atoms with Crippen LogP contribution in [0.25, 0.3) is 0 Å². The van der Waals surface area contributed by atoms with Gasteiger partial charge >= 0.3 is 0 Å². The van der Waals surface area contributed by atoms with Crippen molar-refractivity contribution in [2.75, 3.05) is 5.32 Å². The van der Waals surface area contributed by atoms with E-state index < -0.39 is 5.25 Å². The normalized spacial score (nSPS) is 11.8. The molecule has 4 rings (SSSR count). The van der Waals surface area contributed by atoms with Gasteiger partial charge in [-0.15, -0.1) is 10.2 Å². The highest BCUT2D eigenvalue weighted by atomic mass is 32.2. The molecular formula is C22H17FN4OS3. The zero-order valence-electron chi connectivity index (χ0n) is 16.1. The maximum atomic E-state index is 13.1. The molecule has 0 spiro atoms. The lowest BCUT2D eigenvalue weighted by atomic mass is 10.1. The fourth-order valence-corrected chi connectivity index (χ4v) is 5.34. The lowest BCUT2D eigenvalue weighted by Gasteiger charge is -2.15. The van der Waals surface area contributed by atoms with Crippen LogP contribution in [0, 0.1) is 5.82 Å². The number of halogens is 1. The Labute approximate surface area is 191 Å². The van der Waals surface area contributed by atoms with Crippen LogP contribution in [0.15, 0.2) is 88.4 Å². The smallest absolute Gasteiger partial charge is 0.244 e. The first kappa shape index (κ1) is 21.5. The van der Waals surface area contributed by atoms with Crippen molar-refractivity contribution < 1.29 is 9.18 Å². The number of rotatable bonds is 8. The minimum absolute atomic E-state index is 0.187. The number of pyridine rings is 1. The minimum Gasteiger partial charge on any atom is -0.299 e. The molecule has 1 N–H and O–H groups in total. The molecule has 1 amide bonds. The fraction of sp³-hybridized carbons (Fsp3) is 0.0909. The van der Waals surface area contributed by atoms with E-state index in [0.717, 1.165) is 20.5 Å². The summed E-state index contributed by atoms with van der Waals surface area (Å²) >= 11 is 4.19. The monoisotopic (exact) mass is 468 g/mol. The molecule has 2 aromatic carbocycles. The van der Waals surface area contributed by atoms with E-state index in [-0.39, 0.29) is 11.7 Å². The molecule has 0 aliphatic carbocycles. The van der Waals surface area contributed by atoms with Crippen molar-refractivity contribution in [1.29, 1.82) is 0 Å². The Morgan fingerprint density at radius 1 is 1.00 bits per heavy atom. The van der Waals surface area contributed by atoms with Gasteiger partial charge in [-0.05, 0) is 35.4 Å². The van der Waals surface area contributed by atoms with Gasteiger partial charge in [0, 0.05) is 11.9 Å². The maximum absolute atomic E-state index is 13.1. The topological polar surface area (TPSA) is 67.8 Å². The van der Waals surface area contributed by atoms with Crippen LogP contribution < -0.4 is 5.32 Å². The second-order valence-corrected chi connectivity index (χ2v) is 9.68. The Hall–Kier alpha value is -2.75. The molecule has 156 valence electrons. The zero-order valence-corrected chi connectivity index (χ0v) is 18.6. The second kappa shape index (κ2) is 10.5. The Morgan fingerprint density at radius 2 is 1.77 bits per heavy atom. The van der Waals surface area contributed by atoms with Crippen LogP contribution in [-0.2, 0) is 10.5 Å². The first-order valence-corrected chi connectivity index (χ1v) is 12.0. The molecule has 0 radical (unpaired) electrons. The number of hydrogen-bond donors (Lipinski definition) is 1. The highest BCUT2D eigenvalue weighted by Gasteiger charge is 2.24. The van der Waals surface area contributed by atoms with Gasteiger partial charge in [0.2, 0.25) is 11.0 Å². The molecule has 2 heterocycles. The zero-order chi connectivity index (χ0) is 21.5. The van der Waals surface area contributed by atoms with Crippen LogP contribution in [0.5, 0.6) is 0 Å². The van der Waals surface area contributed by atoms with Crippen molar-refractivity contribution in [3.63, 3.8) is 0 Å². The second-order valence-electron chi connectivity index (χ2n) is 6.35. The highest BCUT2D eigenvalue weighted by molar-refractivity contribution is 8.00. The van der Waals surface area contributed by atoms with Gasteiger partial charge in [0.05, 0.1) is 5.03 Å². The third-order valence-corrected chi connectivity index (χ3v) is 7.38. The number of anilines is 1. The summed E-state index contributed by atoms with van der Waals surface area (Å²) in [7, 11) is 0. The number of carbonyl (C=O) groups excluding carboxylic acids is 1. The standard InChI is InChI=1S/C22H17FN4OS3/c23-17-11-9-15(10-12-17)14-29-22-27-26-21(31-22)25-20(28)19(16-6-2-1-3-7-16)30-18-8-4-5-13-24-18/h1-13,19H,14H2,(H,25,26,28)/t19-/m0/s1. The van der Waals surface area contributed by atoms with E-state index >= 15 is 0 Å². The lowest BCUT2D eigenvalue weighted by molar-refractivity contribution is -0.115. The van der Waals surface area contributed by atoms with Gasteiger partial charge in [0.25, 0.3) is 0 Å². The van der Waals surface area contributed by atoms with Gasteiger partial charge in [-0.3, -0.25) is 10.1 Å². The predicted molar refractivity (Wildman–Crippen MR) is 124 cm³/mol. The van der Waals surface area contributed by atoms with Crippen molar-refractivity contribution in [2.24, 2.45) is 0 Å². The van der Waals surface area contributed by atoms with Crippen LogP contribution in [0.2, 0.25) is 0 Å². The van der Waals surface area contributed by atoms with Gasteiger partial charge in [-0.25, -0.2) is 9.37 Å². The average Bonchev–Trinajstić information content (AvgIpc) is 3.25. The van der Waals surface area contributed by atoms with E-state index in [1.807, 2.05) is 48.5 Å². The number of amides is 1. The number of hydrogen-bond acceptors (Lipinski definition) is 7. The number of nitrogens with zero attached hydrogens (tertiary/aromatic N) is 3. The average molecular weight is 469 g/mol. The van der Waals surface area contributed by atoms with Gasteiger partial charge in [-0.2, -0.15) is 0 Å². The maximum Gasteiger partial charge on any atom is 0.244 e. The fourth-order valence-electron chi connectivity index (χ4n) is 2.65. The summed E-state index contributed by atoms with van der Waals surface area (Å²) in [6, 6.07) is 21.5. The number of nitrogens with one attached hydrogen (secondary N) is 1. The highest BCUT2D eigenvalue weighted by Crippen LogP contribution is 2.36. The molecule has 0 saturated heterocycles. The van der Waals surface area contributed by atoms with Crippen LogP contribution in [-0.4, -0.2) is 21.1 Å². The molecule has 1 atom stereocenters. The first-order valence-electron chi connectivity index (χ1n) is 9.31. The summed E-state index contributed by atoms with van der Waals surface area (Å²) in [5.41, 5.74) is 1.87. The van der Waals surface area contributed by atoms with Crippen LogP contribution in [0.4, 0.5) is 9.52 Å². The molecule has 5 nitrogen and oxygen atoms in total. The SMILES string of the molecule is O=C(Nc1nnc(SCc2ccc(F)cc2)s1)[C@@H](Sc1ccccn1)c1ccccc1. The molecule has 0 aliphatic heterocycles.